The number of allylic oxidation sites excluding steroid dienone is 1. The predicted molar refractivity (Wildman–Crippen MR) is 177 cm³/mol. The van der Waals surface area contributed by atoms with Gasteiger partial charge in [0.05, 0.1) is 17.9 Å². The van der Waals surface area contributed by atoms with Crippen molar-refractivity contribution in [2.45, 2.75) is 111 Å². The molecule has 8 rings (SSSR count). The lowest BCUT2D eigenvalue weighted by Crippen LogP contribution is -2.66. The van der Waals surface area contributed by atoms with Crippen LogP contribution in [0.4, 0.5) is 0 Å². The van der Waals surface area contributed by atoms with E-state index in [2.05, 4.69) is 82.1 Å². The predicted octanol–water partition coefficient (Wildman–Crippen LogP) is 8.47. The summed E-state index contributed by atoms with van der Waals surface area (Å²) in [6, 6.07) is 8.86. The van der Waals surface area contributed by atoms with Crippen LogP contribution in [0, 0.1) is 51.2 Å². The minimum absolute atomic E-state index is 0.0105. The number of nitrogens with one attached hydrogen (secondary N) is 1. The van der Waals surface area contributed by atoms with Gasteiger partial charge in [0, 0.05) is 23.7 Å². The first-order chi connectivity index (χ1) is 20.9. The van der Waals surface area contributed by atoms with E-state index < -0.39 is 0 Å². The Morgan fingerprint density at radius 2 is 1.80 bits per heavy atom. The van der Waals surface area contributed by atoms with Crippen molar-refractivity contribution in [1.82, 2.24) is 20.0 Å². The Morgan fingerprint density at radius 1 is 0.977 bits per heavy atom. The highest BCUT2D eigenvalue weighted by Gasteiger charge is 2.71. The molecule has 2 heterocycles. The molecule has 1 aromatic carbocycles. The van der Waals surface area contributed by atoms with Crippen molar-refractivity contribution in [1.29, 1.82) is 0 Å². The molecule has 44 heavy (non-hydrogen) atoms. The fourth-order valence-corrected chi connectivity index (χ4v) is 13.5. The van der Waals surface area contributed by atoms with Crippen LogP contribution in [0.15, 0.2) is 42.6 Å². The molecule has 0 saturated heterocycles. The summed E-state index contributed by atoms with van der Waals surface area (Å²) >= 11 is 0. The number of benzene rings is 1. The number of hydrogen-bond acceptors (Lipinski definition) is 3. The molecule has 236 valence electrons. The number of H-pyrrole nitrogens is 1. The Bertz CT molecular complexity index is 1630. The molecule has 5 heteroatoms. The number of aromatic amines is 1. The van der Waals surface area contributed by atoms with Gasteiger partial charge in [-0.1, -0.05) is 64.1 Å². The Balaban J connectivity index is 1.15. The van der Waals surface area contributed by atoms with Crippen LogP contribution in [0.2, 0.25) is 0 Å². The van der Waals surface area contributed by atoms with Crippen molar-refractivity contribution >= 4 is 10.9 Å². The maximum atomic E-state index is 10.9. The van der Waals surface area contributed by atoms with Gasteiger partial charge in [0.25, 0.3) is 0 Å². The minimum atomic E-state index is 0.0105. The van der Waals surface area contributed by atoms with Crippen LogP contribution in [0.1, 0.15) is 110 Å². The molecule has 9 atom stereocenters. The van der Waals surface area contributed by atoms with Gasteiger partial charge >= 0.3 is 0 Å². The highest BCUT2D eigenvalue weighted by molar-refractivity contribution is 5.79. The van der Waals surface area contributed by atoms with Gasteiger partial charge in [-0.05, 0) is 139 Å². The lowest BCUT2D eigenvalue weighted by Gasteiger charge is -2.72. The van der Waals surface area contributed by atoms with Gasteiger partial charge in [-0.25, -0.2) is 4.68 Å². The Kier molecular flexibility index (Phi) is 6.16. The summed E-state index contributed by atoms with van der Waals surface area (Å²) in [7, 11) is 0. The zero-order valence-electron chi connectivity index (χ0n) is 28.0. The second-order valence-corrected chi connectivity index (χ2v) is 17.5. The van der Waals surface area contributed by atoms with Gasteiger partial charge in [-0.3, -0.25) is 0 Å². The molecule has 0 radical (unpaired) electrons. The molecule has 0 spiro atoms. The second kappa shape index (κ2) is 9.33. The molecule has 2 N–H and O–H groups in total. The molecular weight excluding hydrogens is 540 g/mol. The van der Waals surface area contributed by atoms with Gasteiger partial charge in [0.2, 0.25) is 0 Å². The summed E-state index contributed by atoms with van der Waals surface area (Å²) < 4.78 is 2.23. The average molecular weight is 595 g/mol. The second-order valence-electron chi connectivity index (χ2n) is 17.5. The van der Waals surface area contributed by atoms with Crippen molar-refractivity contribution in [2.75, 3.05) is 6.61 Å². The smallest absolute Gasteiger partial charge is 0.0870 e. The molecule has 0 bridgehead atoms. The molecule has 5 aliphatic carbocycles. The van der Waals surface area contributed by atoms with Crippen LogP contribution in [0.3, 0.4) is 0 Å². The molecule has 4 fully saturated rings. The molecule has 0 aliphatic heterocycles. The molecule has 5 aliphatic rings. The van der Waals surface area contributed by atoms with Gasteiger partial charge < -0.3 is 10.1 Å². The largest absolute Gasteiger partial charge is 0.396 e. The quantitative estimate of drug-likeness (QED) is 0.298. The number of rotatable bonds is 4. The van der Waals surface area contributed by atoms with E-state index in [9.17, 15) is 5.11 Å². The zero-order valence-corrected chi connectivity index (χ0v) is 28.0. The number of hydrogen-bond donors (Lipinski definition) is 2. The van der Waals surface area contributed by atoms with E-state index in [0.29, 0.717) is 47.0 Å². The van der Waals surface area contributed by atoms with E-state index in [1.165, 1.54) is 84.8 Å². The summed E-state index contributed by atoms with van der Waals surface area (Å²) in [5.74, 6) is 3.13. The maximum Gasteiger partial charge on any atom is 0.0870 e. The average Bonchev–Trinajstić information content (AvgIpc) is 3.70. The number of nitrogens with zero attached hydrogens (tertiary/aromatic N) is 3. The van der Waals surface area contributed by atoms with Crippen LogP contribution in [-0.2, 0) is 18.4 Å². The summed E-state index contributed by atoms with van der Waals surface area (Å²) in [5, 5.41) is 21.9. The fraction of sp³-hybridized carbons (Fsp3) is 0.692. The lowest BCUT2D eigenvalue weighted by molar-refractivity contribution is -0.228. The highest BCUT2D eigenvalue weighted by Crippen LogP contribution is 2.77. The van der Waals surface area contributed by atoms with Crippen molar-refractivity contribution in [3.63, 3.8) is 0 Å². The van der Waals surface area contributed by atoms with Gasteiger partial charge in [-0.2, -0.15) is 0 Å². The number of aliphatic hydroxyl groups excluding tert-OH is 1. The van der Waals surface area contributed by atoms with Crippen LogP contribution < -0.4 is 0 Å². The summed E-state index contributed by atoms with van der Waals surface area (Å²) in [6.45, 7) is 20.9. The van der Waals surface area contributed by atoms with E-state index in [1.54, 1.807) is 0 Å². The lowest BCUT2D eigenvalue weighted by atomic mass is 9.32. The van der Waals surface area contributed by atoms with Crippen LogP contribution in [0.5, 0.6) is 0 Å². The van der Waals surface area contributed by atoms with Crippen molar-refractivity contribution in [2.24, 2.45) is 51.2 Å². The molecule has 5 nitrogen and oxygen atoms in total. The van der Waals surface area contributed by atoms with Gasteiger partial charge in [0.15, 0.2) is 0 Å². The first kappa shape index (κ1) is 29.0. The summed E-state index contributed by atoms with van der Waals surface area (Å²) in [6.07, 6.45) is 13.1. The fourth-order valence-electron chi connectivity index (χ4n) is 13.5. The van der Waals surface area contributed by atoms with E-state index in [1.807, 2.05) is 6.20 Å². The van der Waals surface area contributed by atoms with E-state index in [4.69, 9.17) is 10.3 Å². The molecule has 4 saturated carbocycles. The third kappa shape index (κ3) is 3.57. The minimum Gasteiger partial charge on any atom is -0.396 e. The van der Waals surface area contributed by atoms with Crippen LogP contribution >= 0.6 is 0 Å². The molecular formula is C39H54N4O. The van der Waals surface area contributed by atoms with E-state index in [-0.39, 0.29) is 16.2 Å². The molecule has 0 unspecified atom stereocenters. The topological polar surface area (TPSA) is 66.7 Å². The first-order valence-corrected chi connectivity index (χ1v) is 17.6. The maximum absolute atomic E-state index is 10.9. The molecule has 0 amide bonds. The van der Waals surface area contributed by atoms with E-state index >= 15 is 0 Å². The molecule has 3 aromatic rings. The van der Waals surface area contributed by atoms with Gasteiger partial charge in [-0.15, -0.1) is 5.10 Å². The van der Waals surface area contributed by atoms with E-state index in [0.717, 1.165) is 13.0 Å². The van der Waals surface area contributed by atoms with Crippen molar-refractivity contribution in [3.05, 3.63) is 59.6 Å². The summed E-state index contributed by atoms with van der Waals surface area (Å²) in [4.78, 5) is 3.38. The third-order valence-corrected chi connectivity index (χ3v) is 15.6. The van der Waals surface area contributed by atoms with Crippen molar-refractivity contribution in [3.8, 4) is 0 Å². The normalized spacial score (nSPS) is 42.2. The van der Waals surface area contributed by atoms with Crippen LogP contribution in [-0.4, -0.2) is 31.7 Å². The SMILES string of the molecule is C=C(C)[C@@H]1CC[C@]2(CO)CC[C@]3(C)[C@H](CC[C@@H]4[C@@]5(C)Cc6nnn(Cc7ccc8cc[nH]c8c7)c6C(C)(C)[C@@H]5CC[C@]43C)[C@@H]12. The Hall–Kier alpha value is -2.40. The van der Waals surface area contributed by atoms with Gasteiger partial charge in [0.1, 0.15) is 0 Å². The van der Waals surface area contributed by atoms with Crippen LogP contribution in [0.25, 0.3) is 10.9 Å². The number of aromatic nitrogens is 4. The first-order valence-electron chi connectivity index (χ1n) is 17.6. The van der Waals surface area contributed by atoms with Crippen molar-refractivity contribution < 1.29 is 5.11 Å². The Labute approximate surface area is 264 Å². The monoisotopic (exact) mass is 594 g/mol. The highest BCUT2D eigenvalue weighted by atomic mass is 16.3. The number of fused-ring (bicyclic) bond motifs is 9. The zero-order chi connectivity index (χ0) is 30.9. The Morgan fingerprint density at radius 3 is 2.57 bits per heavy atom. The molecule has 2 aromatic heterocycles. The standard InChI is InChI=1S/C39H54N4O/c1-24(2)27-12-16-39(23-44)18-17-37(6)28(33(27)39)10-11-32-36(5)21-30-34(35(3,4)31(36)13-15-38(32,37)7)43(42-41-30)22-25-8-9-26-14-19-40-29(26)20-25/h8-9,14,19-20,27-28,31-33,40,44H,1,10-13,15-18,21-23H2,2-7H3/t27-,28+,31-,32+,33+,36-,37+,38+,39+/m0/s1. The third-order valence-electron chi connectivity index (χ3n) is 15.6. The number of aliphatic hydroxyl groups is 1. The summed E-state index contributed by atoms with van der Waals surface area (Å²) in [5.41, 5.74) is 7.35.